The molecule has 0 bridgehead atoms. The van der Waals surface area contributed by atoms with Gasteiger partial charge >= 0.3 is 0 Å². The number of allylic oxidation sites excluding steroid dienone is 1. The molecule has 7 heteroatoms. The second-order valence-corrected chi connectivity index (χ2v) is 8.73. The molecule has 172 valence electrons. The summed E-state index contributed by atoms with van der Waals surface area (Å²) in [5.41, 5.74) is 3.20. The molecule has 3 aromatic rings. The number of piperazine rings is 1. The Kier molecular flexibility index (Phi) is 5.93. The SMILES string of the molecule is COc1ccc2c(c1)c(/C=C1\Oc3ccc(CO)cc3C1=O)cn2CCN1CCN(C)CC1. The van der Waals surface area contributed by atoms with Crippen LogP contribution >= 0.6 is 0 Å². The van der Waals surface area contributed by atoms with E-state index in [1.165, 1.54) is 0 Å². The van der Waals surface area contributed by atoms with E-state index in [1.54, 1.807) is 25.3 Å². The number of ether oxygens (including phenoxy) is 2. The smallest absolute Gasteiger partial charge is 0.231 e. The highest BCUT2D eigenvalue weighted by atomic mass is 16.5. The van der Waals surface area contributed by atoms with E-state index in [4.69, 9.17) is 9.47 Å². The van der Waals surface area contributed by atoms with Crippen LogP contribution in [0, 0.1) is 0 Å². The van der Waals surface area contributed by atoms with Gasteiger partial charge in [-0.05, 0) is 49.0 Å². The minimum Gasteiger partial charge on any atom is -0.497 e. The maximum Gasteiger partial charge on any atom is 0.231 e. The first-order chi connectivity index (χ1) is 16.1. The summed E-state index contributed by atoms with van der Waals surface area (Å²) < 4.78 is 13.6. The van der Waals surface area contributed by atoms with E-state index in [0.29, 0.717) is 22.6 Å². The van der Waals surface area contributed by atoms with Gasteiger partial charge in [0.15, 0.2) is 5.76 Å². The maximum absolute atomic E-state index is 13.0. The van der Waals surface area contributed by atoms with E-state index in [2.05, 4.69) is 33.7 Å². The van der Waals surface area contributed by atoms with Crippen molar-refractivity contribution >= 4 is 22.8 Å². The molecule has 0 saturated carbocycles. The summed E-state index contributed by atoms with van der Waals surface area (Å²) in [7, 11) is 3.82. The van der Waals surface area contributed by atoms with Gasteiger partial charge in [-0.2, -0.15) is 0 Å². The Hall–Kier alpha value is -3.13. The second-order valence-electron chi connectivity index (χ2n) is 8.73. The Labute approximate surface area is 193 Å². The summed E-state index contributed by atoms with van der Waals surface area (Å²) >= 11 is 0. The summed E-state index contributed by atoms with van der Waals surface area (Å²) in [5, 5.41) is 10.4. The predicted octanol–water partition coefficient (Wildman–Crippen LogP) is 3.01. The zero-order chi connectivity index (χ0) is 22.9. The summed E-state index contributed by atoms with van der Waals surface area (Å²) in [4.78, 5) is 17.8. The molecule has 3 heterocycles. The molecule has 0 aliphatic carbocycles. The van der Waals surface area contributed by atoms with Crippen molar-refractivity contribution in [2.45, 2.75) is 13.2 Å². The normalized spacial score (nSPS) is 18.2. The van der Waals surface area contributed by atoms with Crippen LogP contribution in [0.25, 0.3) is 17.0 Å². The summed E-state index contributed by atoms with van der Waals surface area (Å²) in [6.07, 6.45) is 3.90. The van der Waals surface area contributed by atoms with E-state index in [-0.39, 0.29) is 12.4 Å². The van der Waals surface area contributed by atoms with Crippen LogP contribution in [0.3, 0.4) is 0 Å². The number of carbonyl (C=O) groups excluding carboxylic acids is 1. The number of hydrogen-bond donors (Lipinski definition) is 1. The number of hydrogen-bond acceptors (Lipinski definition) is 6. The van der Waals surface area contributed by atoms with Crippen molar-refractivity contribution in [3.63, 3.8) is 0 Å². The lowest BCUT2D eigenvalue weighted by Crippen LogP contribution is -2.45. The monoisotopic (exact) mass is 447 g/mol. The fourth-order valence-electron chi connectivity index (χ4n) is 4.53. The van der Waals surface area contributed by atoms with E-state index in [0.717, 1.165) is 61.5 Å². The standard InChI is InChI=1S/C26H29N3O4/c1-27-7-9-28(10-8-27)11-12-29-16-19(21-15-20(32-2)4-5-23(21)29)14-25-26(31)22-13-18(17-30)3-6-24(22)33-25/h3-6,13-16,30H,7-12,17H2,1-2H3/b25-14-. The molecular formula is C26H29N3O4. The summed E-state index contributed by atoms with van der Waals surface area (Å²) in [5.74, 6) is 1.43. The molecule has 5 rings (SSSR count). The van der Waals surface area contributed by atoms with E-state index >= 15 is 0 Å². The fraction of sp³-hybridized carbons (Fsp3) is 0.346. The van der Waals surface area contributed by atoms with Gasteiger partial charge in [-0.15, -0.1) is 0 Å². The van der Waals surface area contributed by atoms with Gasteiger partial charge < -0.3 is 24.0 Å². The number of carbonyl (C=O) groups is 1. The fourth-order valence-corrected chi connectivity index (χ4v) is 4.53. The third-order valence-electron chi connectivity index (χ3n) is 6.57. The molecule has 2 aliphatic rings. The Bertz CT molecular complexity index is 1220. The van der Waals surface area contributed by atoms with Crippen LogP contribution in [-0.2, 0) is 13.2 Å². The first kappa shape index (κ1) is 21.7. The molecule has 7 nitrogen and oxygen atoms in total. The summed E-state index contributed by atoms with van der Waals surface area (Å²) in [6.45, 7) is 6.08. The number of Topliss-reactive ketones (excluding diaryl/α,β-unsaturated/α-hetero) is 1. The predicted molar refractivity (Wildman–Crippen MR) is 128 cm³/mol. The Morgan fingerprint density at radius 2 is 1.91 bits per heavy atom. The van der Waals surface area contributed by atoms with Gasteiger partial charge in [0.1, 0.15) is 11.5 Å². The van der Waals surface area contributed by atoms with Gasteiger partial charge in [0, 0.05) is 61.9 Å². The number of nitrogens with zero attached hydrogens (tertiary/aromatic N) is 3. The van der Waals surface area contributed by atoms with Crippen LogP contribution in [0.1, 0.15) is 21.5 Å². The third-order valence-corrected chi connectivity index (χ3v) is 6.57. The van der Waals surface area contributed by atoms with Gasteiger partial charge in [0.2, 0.25) is 5.78 Å². The molecule has 0 unspecified atom stereocenters. The van der Waals surface area contributed by atoms with Gasteiger partial charge in [-0.3, -0.25) is 9.69 Å². The number of methoxy groups -OCH3 is 1. The average molecular weight is 448 g/mol. The molecular weight excluding hydrogens is 418 g/mol. The third kappa shape index (κ3) is 4.27. The number of benzene rings is 2. The number of rotatable bonds is 6. The number of aliphatic hydroxyl groups is 1. The molecule has 2 aliphatic heterocycles. The highest BCUT2D eigenvalue weighted by Crippen LogP contribution is 2.34. The molecule has 1 fully saturated rings. The van der Waals surface area contributed by atoms with Crippen molar-refractivity contribution in [2.75, 3.05) is 46.9 Å². The number of aliphatic hydroxyl groups excluding tert-OH is 1. The van der Waals surface area contributed by atoms with Crippen molar-refractivity contribution in [1.29, 1.82) is 0 Å². The van der Waals surface area contributed by atoms with Crippen molar-refractivity contribution in [3.05, 3.63) is 65.0 Å². The van der Waals surface area contributed by atoms with E-state index in [1.807, 2.05) is 18.2 Å². The molecule has 0 spiro atoms. The number of aromatic nitrogens is 1. The van der Waals surface area contributed by atoms with Gasteiger partial charge in [-0.25, -0.2) is 0 Å². The van der Waals surface area contributed by atoms with Crippen LogP contribution < -0.4 is 9.47 Å². The Morgan fingerprint density at radius 3 is 2.67 bits per heavy atom. The van der Waals surface area contributed by atoms with Crippen molar-refractivity contribution in [3.8, 4) is 11.5 Å². The minimum atomic E-state index is -0.165. The number of likely N-dealkylation sites (N-methyl/N-ethyl adjacent to an activating group) is 1. The Morgan fingerprint density at radius 1 is 1.09 bits per heavy atom. The topological polar surface area (TPSA) is 67.2 Å². The largest absolute Gasteiger partial charge is 0.497 e. The van der Waals surface area contributed by atoms with Crippen molar-refractivity contribution in [2.24, 2.45) is 0 Å². The van der Waals surface area contributed by atoms with Crippen LogP contribution in [0.15, 0.2) is 48.4 Å². The molecule has 0 atom stereocenters. The van der Waals surface area contributed by atoms with E-state index in [9.17, 15) is 9.90 Å². The van der Waals surface area contributed by atoms with Crippen LogP contribution in [0.2, 0.25) is 0 Å². The lowest BCUT2D eigenvalue weighted by atomic mass is 10.1. The number of fused-ring (bicyclic) bond motifs is 2. The lowest BCUT2D eigenvalue weighted by Gasteiger charge is -2.32. The van der Waals surface area contributed by atoms with Gasteiger partial charge in [0.25, 0.3) is 0 Å². The number of ketones is 1. The van der Waals surface area contributed by atoms with Gasteiger partial charge in [-0.1, -0.05) is 6.07 Å². The molecule has 1 saturated heterocycles. The molecule has 0 amide bonds. The molecule has 33 heavy (non-hydrogen) atoms. The molecule has 0 radical (unpaired) electrons. The minimum absolute atomic E-state index is 0.111. The quantitative estimate of drug-likeness (QED) is 0.586. The maximum atomic E-state index is 13.0. The zero-order valence-corrected chi connectivity index (χ0v) is 19.1. The molecule has 1 N–H and O–H groups in total. The first-order valence-electron chi connectivity index (χ1n) is 11.3. The first-order valence-corrected chi connectivity index (χ1v) is 11.3. The van der Waals surface area contributed by atoms with Gasteiger partial charge in [0.05, 0.1) is 19.3 Å². The zero-order valence-electron chi connectivity index (χ0n) is 19.1. The molecule has 2 aromatic carbocycles. The second kappa shape index (κ2) is 9.02. The van der Waals surface area contributed by atoms with Crippen LogP contribution in [0.4, 0.5) is 0 Å². The Balaban J connectivity index is 1.45. The van der Waals surface area contributed by atoms with E-state index < -0.39 is 0 Å². The van der Waals surface area contributed by atoms with Crippen molar-refractivity contribution < 1.29 is 19.4 Å². The van der Waals surface area contributed by atoms with Crippen molar-refractivity contribution in [1.82, 2.24) is 14.4 Å². The highest BCUT2D eigenvalue weighted by molar-refractivity contribution is 6.15. The average Bonchev–Trinajstić information content (AvgIpc) is 3.35. The summed E-state index contributed by atoms with van der Waals surface area (Å²) in [6, 6.07) is 11.2. The highest BCUT2D eigenvalue weighted by Gasteiger charge is 2.28. The van der Waals surface area contributed by atoms with Crippen LogP contribution in [0.5, 0.6) is 11.5 Å². The van der Waals surface area contributed by atoms with Crippen LogP contribution in [-0.4, -0.2) is 72.1 Å². The lowest BCUT2D eigenvalue weighted by molar-refractivity contribution is 0.101. The molecule has 1 aromatic heterocycles.